The van der Waals surface area contributed by atoms with Gasteiger partial charge < -0.3 is 10.1 Å². The molecule has 0 aliphatic carbocycles. The van der Waals surface area contributed by atoms with Crippen LogP contribution in [-0.4, -0.2) is 47.0 Å². The number of carbonyl (C=O) groups is 1. The number of aromatic nitrogens is 3. The Hall–Kier alpha value is -1.47. The van der Waals surface area contributed by atoms with E-state index in [4.69, 9.17) is 4.74 Å². The molecular formula is C13H25N5O2. The molecule has 2 N–H and O–H groups in total. The lowest BCUT2D eigenvalue weighted by Gasteiger charge is -2.14. The third-order valence-electron chi connectivity index (χ3n) is 2.80. The molecule has 0 radical (unpaired) electrons. The molecule has 7 nitrogen and oxygen atoms in total. The van der Waals surface area contributed by atoms with Gasteiger partial charge in [0.1, 0.15) is 12.2 Å². The number of amides is 1. The van der Waals surface area contributed by atoms with Gasteiger partial charge in [-0.15, -0.1) is 0 Å². The largest absolute Gasteiger partial charge is 0.383 e. The lowest BCUT2D eigenvalue weighted by Crippen LogP contribution is -2.43. The van der Waals surface area contributed by atoms with Crippen molar-refractivity contribution in [1.29, 1.82) is 0 Å². The smallest absolute Gasteiger partial charge is 0.236 e. The van der Waals surface area contributed by atoms with Gasteiger partial charge in [-0.2, -0.15) is 5.10 Å². The van der Waals surface area contributed by atoms with E-state index in [1.54, 1.807) is 13.4 Å². The summed E-state index contributed by atoms with van der Waals surface area (Å²) in [6.07, 6.45) is 1.54. The lowest BCUT2D eigenvalue weighted by molar-refractivity contribution is -0.123. The molecule has 7 heteroatoms. The minimum absolute atomic E-state index is 0.0445. The summed E-state index contributed by atoms with van der Waals surface area (Å²) in [6, 6.07) is -0.281. The van der Waals surface area contributed by atoms with Gasteiger partial charge in [0.05, 0.1) is 19.2 Å². The van der Waals surface area contributed by atoms with E-state index < -0.39 is 0 Å². The summed E-state index contributed by atoms with van der Waals surface area (Å²) in [5.41, 5.74) is 0. The average molecular weight is 283 g/mol. The number of carbonyl (C=O) groups excluding carboxylic acids is 1. The van der Waals surface area contributed by atoms with Gasteiger partial charge in [0.25, 0.3) is 0 Å². The van der Waals surface area contributed by atoms with Crippen molar-refractivity contribution in [2.75, 3.05) is 20.3 Å². The zero-order valence-electron chi connectivity index (χ0n) is 12.7. The molecule has 20 heavy (non-hydrogen) atoms. The maximum Gasteiger partial charge on any atom is 0.236 e. The Bertz CT molecular complexity index is 405. The number of hydrogen-bond donors (Lipinski definition) is 2. The van der Waals surface area contributed by atoms with Crippen LogP contribution in [0.4, 0.5) is 0 Å². The van der Waals surface area contributed by atoms with E-state index in [1.165, 1.54) is 0 Å². The Labute approximate surface area is 120 Å². The highest BCUT2D eigenvalue weighted by Gasteiger charge is 2.13. The summed E-state index contributed by atoms with van der Waals surface area (Å²) < 4.78 is 6.76. The fourth-order valence-electron chi connectivity index (χ4n) is 1.69. The standard InChI is InChI=1S/C13H25N5O2/c1-10(2)8-18-12(16-9-17-18)7-15-11(3)13(19)14-5-6-20-4/h9-11,15H,5-8H2,1-4H3,(H,14,19). The van der Waals surface area contributed by atoms with Crippen LogP contribution in [0, 0.1) is 5.92 Å². The zero-order valence-corrected chi connectivity index (χ0v) is 12.7. The Morgan fingerprint density at radius 2 is 2.20 bits per heavy atom. The molecule has 0 aromatic carbocycles. The number of hydrogen-bond acceptors (Lipinski definition) is 5. The normalized spacial score (nSPS) is 12.7. The molecule has 1 amide bonds. The number of methoxy groups -OCH3 is 1. The van der Waals surface area contributed by atoms with Crippen LogP contribution < -0.4 is 10.6 Å². The first-order chi connectivity index (χ1) is 9.54. The highest BCUT2D eigenvalue weighted by atomic mass is 16.5. The van der Waals surface area contributed by atoms with Crippen LogP contribution in [0.1, 0.15) is 26.6 Å². The second-order valence-electron chi connectivity index (χ2n) is 5.14. The first-order valence-electron chi connectivity index (χ1n) is 6.91. The molecule has 0 saturated heterocycles. The average Bonchev–Trinajstić information content (AvgIpc) is 2.82. The maximum atomic E-state index is 11.8. The van der Waals surface area contributed by atoms with Gasteiger partial charge in [-0.25, -0.2) is 9.67 Å². The van der Waals surface area contributed by atoms with Crippen molar-refractivity contribution < 1.29 is 9.53 Å². The van der Waals surface area contributed by atoms with E-state index in [9.17, 15) is 4.79 Å². The molecule has 0 bridgehead atoms. The van der Waals surface area contributed by atoms with Crippen molar-refractivity contribution >= 4 is 5.91 Å². The first kappa shape index (κ1) is 16.6. The molecule has 1 unspecified atom stereocenters. The SMILES string of the molecule is COCCNC(=O)C(C)NCc1ncnn1CC(C)C. The van der Waals surface area contributed by atoms with Crippen molar-refractivity contribution in [1.82, 2.24) is 25.4 Å². The summed E-state index contributed by atoms with van der Waals surface area (Å²) in [7, 11) is 1.61. The van der Waals surface area contributed by atoms with E-state index in [1.807, 2.05) is 11.6 Å². The van der Waals surface area contributed by atoms with Crippen LogP contribution in [0.5, 0.6) is 0 Å². The Morgan fingerprint density at radius 1 is 1.45 bits per heavy atom. The monoisotopic (exact) mass is 283 g/mol. The van der Waals surface area contributed by atoms with Crippen molar-refractivity contribution in [3.63, 3.8) is 0 Å². The van der Waals surface area contributed by atoms with Gasteiger partial charge in [0.15, 0.2) is 0 Å². The van der Waals surface area contributed by atoms with E-state index in [2.05, 4.69) is 34.6 Å². The van der Waals surface area contributed by atoms with Crippen molar-refractivity contribution in [3.8, 4) is 0 Å². The van der Waals surface area contributed by atoms with Crippen LogP contribution in [0.2, 0.25) is 0 Å². The van der Waals surface area contributed by atoms with Gasteiger partial charge >= 0.3 is 0 Å². The van der Waals surface area contributed by atoms with Gasteiger partial charge in [0.2, 0.25) is 5.91 Å². The van der Waals surface area contributed by atoms with Crippen LogP contribution in [0.15, 0.2) is 6.33 Å². The predicted octanol–water partition coefficient (Wildman–Crippen LogP) is 0.175. The molecular weight excluding hydrogens is 258 g/mol. The fraction of sp³-hybridized carbons (Fsp3) is 0.769. The Kier molecular flexibility index (Phi) is 7.17. The zero-order chi connectivity index (χ0) is 15.0. The molecule has 1 heterocycles. The van der Waals surface area contributed by atoms with Gasteiger partial charge in [0, 0.05) is 20.2 Å². The Balaban J connectivity index is 2.38. The lowest BCUT2D eigenvalue weighted by atomic mass is 10.2. The molecule has 1 aromatic rings. The minimum atomic E-state index is -0.281. The van der Waals surface area contributed by atoms with Crippen molar-refractivity contribution in [3.05, 3.63) is 12.2 Å². The minimum Gasteiger partial charge on any atom is -0.383 e. The fourth-order valence-corrected chi connectivity index (χ4v) is 1.69. The topological polar surface area (TPSA) is 81.1 Å². The summed E-state index contributed by atoms with van der Waals surface area (Å²) in [4.78, 5) is 16.0. The molecule has 1 rings (SSSR count). The second kappa shape index (κ2) is 8.65. The number of nitrogens with one attached hydrogen (secondary N) is 2. The van der Waals surface area contributed by atoms with Crippen molar-refractivity contribution in [2.24, 2.45) is 5.92 Å². The quantitative estimate of drug-likeness (QED) is 0.632. The summed E-state index contributed by atoms with van der Waals surface area (Å²) in [5.74, 6) is 1.30. The van der Waals surface area contributed by atoms with Gasteiger partial charge in [-0.1, -0.05) is 13.8 Å². The maximum absolute atomic E-state index is 11.8. The number of rotatable bonds is 9. The molecule has 1 aromatic heterocycles. The molecule has 0 aliphatic rings. The third kappa shape index (κ3) is 5.66. The van der Waals surface area contributed by atoms with E-state index in [-0.39, 0.29) is 11.9 Å². The highest BCUT2D eigenvalue weighted by molar-refractivity contribution is 5.81. The first-order valence-corrected chi connectivity index (χ1v) is 6.91. The van der Waals surface area contributed by atoms with E-state index in [0.29, 0.717) is 25.6 Å². The van der Waals surface area contributed by atoms with E-state index in [0.717, 1.165) is 12.4 Å². The molecule has 114 valence electrons. The van der Waals surface area contributed by atoms with Crippen LogP contribution in [0.25, 0.3) is 0 Å². The van der Waals surface area contributed by atoms with Crippen LogP contribution >= 0.6 is 0 Å². The highest BCUT2D eigenvalue weighted by Crippen LogP contribution is 2.01. The molecule has 0 aliphatic heterocycles. The summed E-state index contributed by atoms with van der Waals surface area (Å²) in [5, 5.41) is 10.1. The van der Waals surface area contributed by atoms with Crippen molar-refractivity contribution in [2.45, 2.75) is 39.9 Å². The van der Waals surface area contributed by atoms with Crippen LogP contribution in [0.3, 0.4) is 0 Å². The predicted molar refractivity (Wildman–Crippen MR) is 76.0 cm³/mol. The summed E-state index contributed by atoms with van der Waals surface area (Å²) in [6.45, 7) is 8.46. The van der Waals surface area contributed by atoms with E-state index >= 15 is 0 Å². The van der Waals surface area contributed by atoms with Gasteiger partial charge in [-0.3, -0.25) is 10.1 Å². The Morgan fingerprint density at radius 3 is 2.85 bits per heavy atom. The summed E-state index contributed by atoms with van der Waals surface area (Å²) >= 11 is 0. The second-order valence-corrected chi connectivity index (χ2v) is 5.14. The van der Waals surface area contributed by atoms with Crippen LogP contribution in [-0.2, 0) is 22.6 Å². The number of ether oxygens (including phenoxy) is 1. The molecule has 1 atom stereocenters. The molecule has 0 spiro atoms. The molecule has 0 saturated carbocycles. The third-order valence-corrected chi connectivity index (χ3v) is 2.80. The number of nitrogens with zero attached hydrogens (tertiary/aromatic N) is 3. The van der Waals surface area contributed by atoms with Gasteiger partial charge in [-0.05, 0) is 12.8 Å². The molecule has 0 fully saturated rings.